The molecule has 0 atom stereocenters. The summed E-state index contributed by atoms with van der Waals surface area (Å²) in [6, 6.07) is 5.64. The second kappa shape index (κ2) is 11.1. The third-order valence-electron chi connectivity index (χ3n) is 5.49. The lowest BCUT2D eigenvalue weighted by molar-refractivity contribution is -0.137. The van der Waals surface area contributed by atoms with Crippen molar-refractivity contribution in [3.8, 4) is 23.1 Å². The maximum absolute atomic E-state index is 12.6. The predicted octanol–water partition coefficient (Wildman–Crippen LogP) is 4.65. The van der Waals surface area contributed by atoms with Gasteiger partial charge in [0.15, 0.2) is 11.5 Å². The minimum absolute atomic E-state index is 0.0162. The van der Waals surface area contributed by atoms with E-state index >= 15 is 0 Å². The van der Waals surface area contributed by atoms with Crippen LogP contribution >= 0.6 is 0 Å². The van der Waals surface area contributed by atoms with Gasteiger partial charge in [-0.05, 0) is 55.5 Å². The van der Waals surface area contributed by atoms with Crippen molar-refractivity contribution >= 4 is 12.0 Å². The van der Waals surface area contributed by atoms with E-state index in [9.17, 15) is 18.0 Å². The number of alkyl halides is 3. The van der Waals surface area contributed by atoms with Crippen LogP contribution in [0.4, 0.5) is 13.2 Å². The zero-order chi connectivity index (χ0) is 24.7. The number of halogens is 3. The molecule has 184 valence electrons. The Labute approximate surface area is 195 Å². The highest BCUT2D eigenvalue weighted by molar-refractivity contribution is 5.92. The van der Waals surface area contributed by atoms with Crippen molar-refractivity contribution in [1.82, 2.24) is 10.3 Å². The lowest BCUT2D eigenvalue weighted by Gasteiger charge is -2.29. The Hall–Kier alpha value is -3.43. The molecule has 0 unspecified atom stereocenters. The summed E-state index contributed by atoms with van der Waals surface area (Å²) in [6.07, 6.45) is 1.97. The van der Waals surface area contributed by atoms with Crippen LogP contribution in [0.1, 0.15) is 36.8 Å². The molecule has 0 aliphatic heterocycles. The van der Waals surface area contributed by atoms with E-state index in [-0.39, 0.29) is 23.9 Å². The highest BCUT2D eigenvalue weighted by atomic mass is 19.4. The molecule has 0 spiro atoms. The molecule has 1 aliphatic carbocycles. The van der Waals surface area contributed by atoms with Gasteiger partial charge in [0.25, 0.3) is 0 Å². The fourth-order valence-electron chi connectivity index (χ4n) is 3.73. The monoisotopic (exact) mass is 480 g/mol. The summed E-state index contributed by atoms with van der Waals surface area (Å²) in [7, 11) is 4.56. The Morgan fingerprint density at radius 1 is 1.03 bits per heavy atom. The average molecular weight is 480 g/mol. The molecule has 0 saturated heterocycles. The molecule has 1 fully saturated rings. The molecule has 1 aromatic heterocycles. The SMILES string of the molecule is COc1cc(/C=C/C(=O)NC2CCC(Oc3ccc(C(F)(F)F)cn3)CC2)cc(OC)c1OC. The van der Waals surface area contributed by atoms with Crippen LogP contribution in [-0.2, 0) is 11.0 Å². The largest absolute Gasteiger partial charge is 0.493 e. The highest BCUT2D eigenvalue weighted by Gasteiger charge is 2.31. The number of nitrogens with one attached hydrogen (secondary N) is 1. The van der Waals surface area contributed by atoms with Crippen molar-refractivity contribution in [2.45, 2.75) is 44.0 Å². The van der Waals surface area contributed by atoms with E-state index in [1.54, 1.807) is 18.2 Å². The average Bonchev–Trinajstić information content (AvgIpc) is 2.83. The van der Waals surface area contributed by atoms with Gasteiger partial charge >= 0.3 is 6.18 Å². The topological polar surface area (TPSA) is 78.9 Å². The predicted molar refractivity (Wildman–Crippen MR) is 119 cm³/mol. The van der Waals surface area contributed by atoms with E-state index < -0.39 is 11.7 Å². The van der Waals surface area contributed by atoms with Crippen molar-refractivity contribution in [3.05, 3.63) is 47.7 Å². The number of pyridine rings is 1. The van der Waals surface area contributed by atoms with Crippen LogP contribution in [0.5, 0.6) is 23.1 Å². The van der Waals surface area contributed by atoms with Gasteiger partial charge in [0.05, 0.1) is 26.9 Å². The van der Waals surface area contributed by atoms with Crippen LogP contribution in [0, 0.1) is 0 Å². The minimum Gasteiger partial charge on any atom is -0.493 e. The van der Waals surface area contributed by atoms with Gasteiger partial charge in [-0.1, -0.05) is 0 Å². The third-order valence-corrected chi connectivity index (χ3v) is 5.49. The molecule has 1 saturated carbocycles. The van der Waals surface area contributed by atoms with Crippen LogP contribution in [0.3, 0.4) is 0 Å². The van der Waals surface area contributed by atoms with E-state index in [0.29, 0.717) is 48.5 Å². The summed E-state index contributed by atoms with van der Waals surface area (Å²) in [5.74, 6) is 1.37. The van der Waals surface area contributed by atoms with Crippen LogP contribution in [0.25, 0.3) is 6.08 Å². The number of hydrogen-bond acceptors (Lipinski definition) is 6. The molecule has 2 aromatic rings. The molecule has 1 aromatic carbocycles. The molecule has 1 heterocycles. The van der Waals surface area contributed by atoms with Gasteiger partial charge in [0.1, 0.15) is 6.10 Å². The number of hydrogen-bond donors (Lipinski definition) is 1. The first kappa shape index (κ1) is 25.2. The summed E-state index contributed by atoms with van der Waals surface area (Å²) in [5.41, 5.74) is -0.100. The number of rotatable bonds is 8. The fourth-order valence-corrected chi connectivity index (χ4v) is 3.73. The number of benzene rings is 1. The summed E-state index contributed by atoms with van der Waals surface area (Å²) >= 11 is 0. The maximum Gasteiger partial charge on any atom is 0.417 e. The number of ether oxygens (including phenoxy) is 4. The van der Waals surface area contributed by atoms with Crippen LogP contribution in [0.15, 0.2) is 36.5 Å². The molecule has 1 N–H and O–H groups in total. The van der Waals surface area contributed by atoms with E-state index in [1.165, 1.54) is 33.5 Å². The number of aromatic nitrogens is 1. The first-order chi connectivity index (χ1) is 16.2. The molecule has 7 nitrogen and oxygen atoms in total. The summed E-state index contributed by atoms with van der Waals surface area (Å²) in [6.45, 7) is 0. The number of nitrogens with zero attached hydrogens (tertiary/aromatic N) is 1. The molecular formula is C24H27F3N2O5. The standard InChI is InChI=1S/C24H27F3N2O5/c1-31-19-12-15(13-20(32-2)23(19)33-3)4-10-21(30)29-17-6-8-18(9-7-17)34-22-11-5-16(14-28-22)24(25,26)27/h4-5,10-14,17-18H,6-9H2,1-3H3,(H,29,30)/b10-4+. The molecular weight excluding hydrogens is 453 g/mol. The summed E-state index contributed by atoms with van der Waals surface area (Å²) < 4.78 is 59.5. The first-order valence-electron chi connectivity index (χ1n) is 10.7. The van der Waals surface area contributed by atoms with E-state index in [0.717, 1.165) is 12.3 Å². The smallest absolute Gasteiger partial charge is 0.417 e. The van der Waals surface area contributed by atoms with E-state index in [2.05, 4.69) is 10.3 Å². The lowest BCUT2D eigenvalue weighted by Crippen LogP contribution is -2.39. The van der Waals surface area contributed by atoms with Gasteiger partial charge < -0.3 is 24.3 Å². The van der Waals surface area contributed by atoms with Crippen molar-refractivity contribution in [2.24, 2.45) is 0 Å². The van der Waals surface area contributed by atoms with Crippen LogP contribution in [0.2, 0.25) is 0 Å². The Balaban J connectivity index is 1.50. The lowest BCUT2D eigenvalue weighted by atomic mass is 9.93. The zero-order valence-electron chi connectivity index (χ0n) is 19.1. The van der Waals surface area contributed by atoms with Crippen molar-refractivity contribution in [2.75, 3.05) is 21.3 Å². The van der Waals surface area contributed by atoms with Gasteiger partial charge in [0.2, 0.25) is 17.5 Å². The third kappa shape index (κ3) is 6.55. The van der Waals surface area contributed by atoms with Crippen molar-refractivity contribution in [3.63, 3.8) is 0 Å². The Morgan fingerprint density at radius 2 is 1.68 bits per heavy atom. The molecule has 34 heavy (non-hydrogen) atoms. The minimum atomic E-state index is -4.43. The molecule has 1 aliphatic rings. The number of carbonyl (C=O) groups is 1. The molecule has 10 heteroatoms. The quantitative estimate of drug-likeness (QED) is 0.555. The molecule has 0 radical (unpaired) electrons. The Kier molecular flexibility index (Phi) is 8.25. The van der Waals surface area contributed by atoms with E-state index in [4.69, 9.17) is 18.9 Å². The second-order valence-electron chi connectivity index (χ2n) is 7.77. The van der Waals surface area contributed by atoms with Gasteiger partial charge in [-0.15, -0.1) is 0 Å². The van der Waals surface area contributed by atoms with Crippen LogP contribution in [-0.4, -0.2) is 44.4 Å². The highest BCUT2D eigenvalue weighted by Crippen LogP contribution is 2.38. The van der Waals surface area contributed by atoms with Crippen molar-refractivity contribution < 1.29 is 36.9 Å². The Bertz CT molecular complexity index is 976. The normalized spacial score (nSPS) is 18.4. The summed E-state index contributed by atoms with van der Waals surface area (Å²) in [4.78, 5) is 16.1. The number of carbonyl (C=O) groups excluding carboxylic acids is 1. The second-order valence-corrected chi connectivity index (χ2v) is 7.77. The maximum atomic E-state index is 12.6. The first-order valence-corrected chi connectivity index (χ1v) is 10.7. The number of methoxy groups -OCH3 is 3. The van der Waals surface area contributed by atoms with Gasteiger partial charge in [0, 0.05) is 24.4 Å². The van der Waals surface area contributed by atoms with Gasteiger partial charge in [-0.2, -0.15) is 13.2 Å². The molecule has 3 rings (SSSR count). The fraction of sp³-hybridized carbons (Fsp3) is 0.417. The van der Waals surface area contributed by atoms with Gasteiger partial charge in [-0.25, -0.2) is 4.98 Å². The van der Waals surface area contributed by atoms with Crippen molar-refractivity contribution in [1.29, 1.82) is 0 Å². The Morgan fingerprint density at radius 3 is 2.18 bits per heavy atom. The molecule has 1 amide bonds. The zero-order valence-corrected chi connectivity index (χ0v) is 19.1. The van der Waals surface area contributed by atoms with E-state index in [1.807, 2.05) is 0 Å². The summed E-state index contributed by atoms with van der Waals surface area (Å²) in [5, 5.41) is 2.97. The molecule has 0 bridgehead atoms. The number of amides is 1. The van der Waals surface area contributed by atoms with Gasteiger partial charge in [-0.3, -0.25) is 4.79 Å². The van der Waals surface area contributed by atoms with Crippen LogP contribution < -0.4 is 24.3 Å².